The molecule has 2 aromatic carbocycles. The van der Waals surface area contributed by atoms with Gasteiger partial charge in [-0.05, 0) is 43.7 Å². The van der Waals surface area contributed by atoms with Gasteiger partial charge in [0.2, 0.25) is 10.0 Å². The van der Waals surface area contributed by atoms with Crippen molar-refractivity contribution in [2.45, 2.75) is 25.3 Å². The summed E-state index contributed by atoms with van der Waals surface area (Å²) in [5.74, 6) is 0. The summed E-state index contributed by atoms with van der Waals surface area (Å²) in [5.41, 5.74) is 2.42. The summed E-state index contributed by atoms with van der Waals surface area (Å²) in [4.78, 5) is 11.4. The fourth-order valence-electron chi connectivity index (χ4n) is 2.09. The van der Waals surface area contributed by atoms with Gasteiger partial charge in [0, 0.05) is 12.2 Å². The number of anilines is 1. The molecule has 0 saturated carbocycles. The Kier molecular flexibility index (Phi) is 5.94. The summed E-state index contributed by atoms with van der Waals surface area (Å²) in [5, 5.41) is 2.51. The smallest absolute Gasteiger partial charge is 0.411 e. The molecule has 0 spiro atoms. The zero-order valence-electron chi connectivity index (χ0n) is 13.6. The van der Waals surface area contributed by atoms with E-state index in [9.17, 15) is 13.2 Å². The van der Waals surface area contributed by atoms with Crippen LogP contribution in [0.1, 0.15) is 18.1 Å². The number of hydrogen-bond donors (Lipinski definition) is 2. The molecule has 2 rings (SSSR count). The highest BCUT2D eigenvalue weighted by Crippen LogP contribution is 2.15. The Bertz CT molecular complexity index is 802. The van der Waals surface area contributed by atoms with E-state index in [2.05, 4.69) is 10.0 Å². The van der Waals surface area contributed by atoms with E-state index in [-0.39, 0.29) is 18.0 Å². The molecule has 0 fully saturated rings. The van der Waals surface area contributed by atoms with Gasteiger partial charge < -0.3 is 4.74 Å². The van der Waals surface area contributed by atoms with Crippen molar-refractivity contribution in [3.8, 4) is 0 Å². The molecule has 24 heavy (non-hydrogen) atoms. The molecule has 1 amide bonds. The van der Waals surface area contributed by atoms with Gasteiger partial charge in [-0.2, -0.15) is 0 Å². The Labute approximate surface area is 141 Å². The van der Waals surface area contributed by atoms with Crippen molar-refractivity contribution in [3.63, 3.8) is 0 Å². The molecule has 0 radical (unpaired) electrons. The van der Waals surface area contributed by atoms with Crippen molar-refractivity contribution in [3.05, 3.63) is 59.7 Å². The van der Waals surface area contributed by atoms with Crippen molar-refractivity contribution in [2.75, 3.05) is 11.9 Å². The van der Waals surface area contributed by atoms with Gasteiger partial charge in [0.05, 0.1) is 11.5 Å². The average molecular weight is 348 g/mol. The Balaban J connectivity index is 2.02. The molecule has 0 atom stereocenters. The highest BCUT2D eigenvalue weighted by atomic mass is 32.2. The largest absolute Gasteiger partial charge is 0.450 e. The van der Waals surface area contributed by atoms with Gasteiger partial charge >= 0.3 is 6.09 Å². The van der Waals surface area contributed by atoms with Crippen LogP contribution in [0.3, 0.4) is 0 Å². The third kappa shape index (κ3) is 5.07. The average Bonchev–Trinajstić information content (AvgIpc) is 2.54. The van der Waals surface area contributed by atoms with E-state index in [0.717, 1.165) is 11.1 Å². The maximum atomic E-state index is 12.3. The van der Waals surface area contributed by atoms with Gasteiger partial charge in [0.1, 0.15) is 0 Å². The van der Waals surface area contributed by atoms with Crippen molar-refractivity contribution in [2.24, 2.45) is 0 Å². The normalized spacial score (nSPS) is 11.1. The maximum absolute atomic E-state index is 12.3. The number of nitrogens with one attached hydrogen (secondary N) is 2. The van der Waals surface area contributed by atoms with Crippen LogP contribution in [0.4, 0.5) is 10.5 Å². The molecular weight excluding hydrogens is 328 g/mol. The fourth-order valence-corrected chi connectivity index (χ4v) is 3.10. The van der Waals surface area contributed by atoms with Crippen LogP contribution < -0.4 is 10.0 Å². The predicted octanol–water partition coefficient (Wildman–Crippen LogP) is 3.04. The molecule has 0 unspecified atom stereocenters. The Morgan fingerprint density at radius 3 is 2.46 bits per heavy atom. The van der Waals surface area contributed by atoms with Gasteiger partial charge in [0.15, 0.2) is 0 Å². The quantitative estimate of drug-likeness (QED) is 0.840. The number of carbonyl (C=O) groups is 1. The Morgan fingerprint density at radius 1 is 1.12 bits per heavy atom. The standard InChI is InChI=1S/C17H20N2O4S/c1-3-23-17(20)19-15-7-9-16(10-8-15)24(21,22)18-12-14-6-4-5-13(2)11-14/h4-11,18H,3,12H2,1-2H3,(H,19,20). The molecule has 0 aliphatic carbocycles. The number of sulfonamides is 1. The van der Waals surface area contributed by atoms with E-state index < -0.39 is 16.1 Å². The molecule has 0 heterocycles. The van der Waals surface area contributed by atoms with Gasteiger partial charge in [-0.15, -0.1) is 0 Å². The summed E-state index contributed by atoms with van der Waals surface area (Å²) >= 11 is 0. The van der Waals surface area contributed by atoms with Crippen LogP contribution >= 0.6 is 0 Å². The number of ether oxygens (including phenoxy) is 1. The molecule has 0 bridgehead atoms. The van der Waals surface area contributed by atoms with Crippen molar-refractivity contribution in [1.82, 2.24) is 4.72 Å². The van der Waals surface area contributed by atoms with E-state index in [0.29, 0.717) is 5.69 Å². The lowest BCUT2D eigenvalue weighted by atomic mass is 10.1. The van der Waals surface area contributed by atoms with Crippen molar-refractivity contribution < 1.29 is 17.9 Å². The zero-order chi connectivity index (χ0) is 17.6. The second-order valence-electron chi connectivity index (χ2n) is 5.18. The summed E-state index contributed by atoms with van der Waals surface area (Å²) in [7, 11) is -3.62. The molecule has 2 aromatic rings. The third-order valence-corrected chi connectivity index (χ3v) is 4.65. The van der Waals surface area contributed by atoms with Crippen molar-refractivity contribution >= 4 is 21.8 Å². The Morgan fingerprint density at radius 2 is 1.83 bits per heavy atom. The second-order valence-corrected chi connectivity index (χ2v) is 6.95. The van der Waals surface area contributed by atoms with Gasteiger partial charge in [-0.3, -0.25) is 5.32 Å². The first kappa shape index (κ1) is 18.0. The van der Waals surface area contributed by atoms with Crippen LogP contribution in [0.2, 0.25) is 0 Å². The van der Waals surface area contributed by atoms with E-state index in [4.69, 9.17) is 4.74 Å². The summed E-state index contributed by atoms with van der Waals surface area (Å²) in [6.45, 7) is 4.14. The minimum absolute atomic E-state index is 0.129. The monoisotopic (exact) mass is 348 g/mol. The summed E-state index contributed by atoms with van der Waals surface area (Å²) < 4.78 is 31.9. The van der Waals surface area contributed by atoms with Gasteiger partial charge in [-0.25, -0.2) is 17.9 Å². The molecule has 2 N–H and O–H groups in total. The van der Waals surface area contributed by atoms with E-state index in [1.807, 2.05) is 31.2 Å². The number of aryl methyl sites for hydroxylation is 1. The fraction of sp³-hybridized carbons (Fsp3) is 0.235. The molecule has 0 saturated heterocycles. The molecular formula is C17H20N2O4S. The highest BCUT2D eigenvalue weighted by molar-refractivity contribution is 7.89. The lowest BCUT2D eigenvalue weighted by Crippen LogP contribution is -2.23. The van der Waals surface area contributed by atoms with E-state index in [1.165, 1.54) is 24.3 Å². The first-order valence-corrected chi connectivity index (χ1v) is 8.98. The molecule has 128 valence electrons. The van der Waals surface area contributed by atoms with Crippen LogP contribution in [0.5, 0.6) is 0 Å². The molecule has 6 nitrogen and oxygen atoms in total. The van der Waals surface area contributed by atoms with Crippen LogP contribution in [0.25, 0.3) is 0 Å². The lowest BCUT2D eigenvalue weighted by molar-refractivity contribution is 0.168. The first-order valence-electron chi connectivity index (χ1n) is 7.50. The first-order chi connectivity index (χ1) is 11.4. The van der Waals surface area contributed by atoms with Gasteiger partial charge in [-0.1, -0.05) is 29.8 Å². The number of carbonyl (C=O) groups excluding carboxylic acids is 1. The zero-order valence-corrected chi connectivity index (χ0v) is 14.4. The second kappa shape index (κ2) is 7.94. The van der Waals surface area contributed by atoms with Gasteiger partial charge in [0.25, 0.3) is 0 Å². The number of hydrogen-bond acceptors (Lipinski definition) is 4. The molecule has 0 aromatic heterocycles. The topological polar surface area (TPSA) is 84.5 Å². The van der Waals surface area contributed by atoms with Crippen LogP contribution in [-0.4, -0.2) is 21.1 Å². The molecule has 7 heteroatoms. The number of amides is 1. The minimum atomic E-state index is -3.62. The van der Waals surface area contributed by atoms with Crippen molar-refractivity contribution in [1.29, 1.82) is 0 Å². The van der Waals surface area contributed by atoms with E-state index in [1.54, 1.807) is 6.92 Å². The van der Waals surface area contributed by atoms with Crippen LogP contribution in [0.15, 0.2) is 53.4 Å². The maximum Gasteiger partial charge on any atom is 0.411 e. The number of rotatable bonds is 6. The summed E-state index contributed by atoms with van der Waals surface area (Å²) in [6, 6.07) is 13.5. The van der Waals surface area contributed by atoms with E-state index >= 15 is 0 Å². The molecule has 0 aliphatic rings. The lowest BCUT2D eigenvalue weighted by Gasteiger charge is -2.09. The predicted molar refractivity (Wildman–Crippen MR) is 92.3 cm³/mol. The Hall–Kier alpha value is -2.38. The van der Waals surface area contributed by atoms with Crippen LogP contribution in [0, 0.1) is 6.92 Å². The highest BCUT2D eigenvalue weighted by Gasteiger charge is 2.14. The summed E-state index contributed by atoms with van der Waals surface area (Å²) in [6.07, 6.45) is -0.578. The molecule has 0 aliphatic heterocycles. The SMILES string of the molecule is CCOC(=O)Nc1ccc(S(=O)(=O)NCc2cccc(C)c2)cc1. The minimum Gasteiger partial charge on any atom is -0.450 e. The number of benzene rings is 2. The third-order valence-electron chi connectivity index (χ3n) is 3.24. The van der Waals surface area contributed by atoms with Crippen LogP contribution in [-0.2, 0) is 21.3 Å².